The molecule has 0 radical (unpaired) electrons. The number of carbonyl (C=O) groups is 2. The maximum absolute atomic E-state index is 12.2. The van der Waals surface area contributed by atoms with E-state index in [4.69, 9.17) is 11.6 Å². The highest BCUT2D eigenvalue weighted by Gasteiger charge is 2.21. The topological polar surface area (TPSA) is 101 Å². The van der Waals surface area contributed by atoms with Crippen LogP contribution in [0.2, 0.25) is 5.02 Å². The second-order valence-corrected chi connectivity index (χ2v) is 9.57. The average molecular weight is 473 g/mol. The predicted molar refractivity (Wildman–Crippen MR) is 121 cm³/mol. The van der Waals surface area contributed by atoms with Gasteiger partial charge in [-0.05, 0) is 55.5 Å². The van der Waals surface area contributed by atoms with Crippen LogP contribution in [0.1, 0.15) is 33.6 Å². The van der Waals surface area contributed by atoms with E-state index in [-0.39, 0.29) is 11.7 Å². The van der Waals surface area contributed by atoms with Gasteiger partial charge in [0.25, 0.3) is 5.91 Å². The van der Waals surface area contributed by atoms with Gasteiger partial charge in [-0.25, -0.2) is 4.98 Å². The van der Waals surface area contributed by atoms with Crippen molar-refractivity contribution < 1.29 is 9.59 Å². The summed E-state index contributed by atoms with van der Waals surface area (Å²) >= 11 is 8.79. The Morgan fingerprint density at radius 1 is 1.13 bits per heavy atom. The highest BCUT2D eigenvalue weighted by atomic mass is 35.5. The predicted octanol–water partition coefficient (Wildman–Crippen LogP) is 3.42. The van der Waals surface area contributed by atoms with Crippen LogP contribution >= 0.6 is 34.7 Å². The Bertz CT molecular complexity index is 1300. The van der Waals surface area contributed by atoms with E-state index in [1.807, 2.05) is 4.40 Å². The van der Waals surface area contributed by atoms with E-state index in [0.717, 1.165) is 28.7 Å². The third-order valence-electron chi connectivity index (χ3n) is 5.09. The Labute approximate surface area is 190 Å². The van der Waals surface area contributed by atoms with Crippen LogP contribution in [0.5, 0.6) is 0 Å². The first-order chi connectivity index (χ1) is 15.1. The molecule has 1 aliphatic carbocycles. The quantitative estimate of drug-likeness (QED) is 0.348. The standard InChI is InChI=1S/C20H17ClN6O2S2/c21-12-7-5-11(6-8-12)18(29)25-23-15(28)9-30-20-26-24-17-16-13-3-1-2-4-14(13)31-19(16)22-10-27(17)20/h5-8,10H,1-4,9H2,(H,23,28)(H,25,29). The number of aryl methyl sites for hydroxylation is 2. The van der Waals surface area contributed by atoms with E-state index in [1.54, 1.807) is 41.9 Å². The van der Waals surface area contributed by atoms with Gasteiger partial charge >= 0.3 is 0 Å². The first-order valence-electron chi connectivity index (χ1n) is 9.71. The van der Waals surface area contributed by atoms with Crippen molar-refractivity contribution in [1.82, 2.24) is 30.4 Å². The fourth-order valence-electron chi connectivity index (χ4n) is 3.60. The lowest BCUT2D eigenvalue weighted by Crippen LogP contribution is -2.42. The summed E-state index contributed by atoms with van der Waals surface area (Å²) in [5, 5.41) is 10.8. The summed E-state index contributed by atoms with van der Waals surface area (Å²) < 4.78 is 1.83. The summed E-state index contributed by atoms with van der Waals surface area (Å²) in [5.74, 6) is -0.704. The molecule has 0 fully saturated rings. The molecule has 0 bridgehead atoms. The molecule has 1 aliphatic rings. The van der Waals surface area contributed by atoms with Crippen molar-refractivity contribution in [3.63, 3.8) is 0 Å². The van der Waals surface area contributed by atoms with Crippen molar-refractivity contribution in [2.45, 2.75) is 30.8 Å². The van der Waals surface area contributed by atoms with Crippen molar-refractivity contribution in [1.29, 1.82) is 0 Å². The summed E-state index contributed by atoms with van der Waals surface area (Å²) in [5.41, 5.74) is 7.32. The van der Waals surface area contributed by atoms with Gasteiger partial charge in [0.2, 0.25) is 5.91 Å². The van der Waals surface area contributed by atoms with E-state index in [0.29, 0.717) is 15.7 Å². The zero-order valence-corrected chi connectivity index (χ0v) is 18.6. The number of thioether (sulfide) groups is 1. The Morgan fingerprint density at radius 3 is 2.77 bits per heavy atom. The lowest BCUT2D eigenvalue weighted by Gasteiger charge is -2.10. The van der Waals surface area contributed by atoms with Crippen LogP contribution in [-0.2, 0) is 17.6 Å². The second-order valence-electron chi connectivity index (χ2n) is 7.11. The molecule has 2 N–H and O–H groups in total. The van der Waals surface area contributed by atoms with Gasteiger partial charge in [-0.2, -0.15) is 0 Å². The highest BCUT2D eigenvalue weighted by molar-refractivity contribution is 7.99. The molecule has 4 aromatic rings. The third kappa shape index (κ3) is 3.98. The van der Waals surface area contributed by atoms with Gasteiger partial charge in [0, 0.05) is 15.5 Å². The second kappa shape index (κ2) is 8.45. The molecule has 8 nitrogen and oxygen atoms in total. The molecule has 1 aromatic carbocycles. The van der Waals surface area contributed by atoms with Gasteiger partial charge in [0.15, 0.2) is 10.8 Å². The summed E-state index contributed by atoms with van der Waals surface area (Å²) in [7, 11) is 0. The number of nitrogens with one attached hydrogen (secondary N) is 2. The first kappa shape index (κ1) is 20.2. The number of nitrogens with zero attached hydrogens (tertiary/aromatic N) is 4. The van der Waals surface area contributed by atoms with Gasteiger partial charge in [-0.3, -0.25) is 24.8 Å². The molecule has 31 heavy (non-hydrogen) atoms. The molecule has 0 saturated carbocycles. The Morgan fingerprint density at radius 2 is 1.94 bits per heavy atom. The molecule has 0 unspecified atom stereocenters. The number of hydrazine groups is 1. The van der Waals surface area contributed by atoms with Crippen LogP contribution in [0.15, 0.2) is 35.7 Å². The molecule has 0 saturated heterocycles. The van der Waals surface area contributed by atoms with E-state index >= 15 is 0 Å². The highest BCUT2D eigenvalue weighted by Crippen LogP contribution is 2.37. The van der Waals surface area contributed by atoms with Crippen molar-refractivity contribution >= 4 is 62.4 Å². The summed E-state index contributed by atoms with van der Waals surface area (Å²) in [6, 6.07) is 6.38. The fourth-order valence-corrected chi connectivity index (χ4v) is 5.65. The number of amides is 2. The van der Waals surface area contributed by atoms with Crippen molar-refractivity contribution in [2.24, 2.45) is 0 Å². The molecule has 2 amide bonds. The lowest BCUT2D eigenvalue weighted by atomic mass is 9.97. The summed E-state index contributed by atoms with van der Waals surface area (Å²) in [6.45, 7) is 0. The van der Waals surface area contributed by atoms with Gasteiger partial charge in [0.1, 0.15) is 11.2 Å². The average Bonchev–Trinajstić information content (AvgIpc) is 3.37. The number of benzene rings is 1. The SMILES string of the molecule is O=C(CSc1nnc2c3c4c(sc3ncn12)CCCC4)NNC(=O)c1ccc(Cl)cc1. The number of carbonyl (C=O) groups excluding carboxylic acids is 2. The molecular weight excluding hydrogens is 456 g/mol. The fraction of sp³-hybridized carbons (Fsp3) is 0.250. The number of hydrogen-bond donors (Lipinski definition) is 2. The summed E-state index contributed by atoms with van der Waals surface area (Å²) in [6.07, 6.45) is 6.25. The molecule has 3 heterocycles. The molecule has 11 heteroatoms. The summed E-state index contributed by atoms with van der Waals surface area (Å²) in [4.78, 5) is 31.2. The number of aromatic nitrogens is 4. The first-order valence-corrected chi connectivity index (χ1v) is 11.9. The van der Waals surface area contributed by atoms with E-state index in [1.165, 1.54) is 35.0 Å². The molecule has 158 valence electrons. The zero-order chi connectivity index (χ0) is 21.4. The van der Waals surface area contributed by atoms with Crippen molar-refractivity contribution in [3.8, 4) is 0 Å². The Hall–Kier alpha value is -2.69. The molecular formula is C20H17ClN6O2S2. The molecule has 5 rings (SSSR count). The minimum atomic E-state index is -0.420. The maximum Gasteiger partial charge on any atom is 0.269 e. The zero-order valence-electron chi connectivity index (χ0n) is 16.2. The van der Waals surface area contributed by atoms with Crippen LogP contribution in [0, 0.1) is 0 Å². The van der Waals surface area contributed by atoms with E-state index in [9.17, 15) is 9.59 Å². The van der Waals surface area contributed by atoms with Crippen LogP contribution in [-0.4, -0.2) is 37.1 Å². The molecule has 0 aliphatic heterocycles. The van der Waals surface area contributed by atoms with Crippen LogP contribution < -0.4 is 10.9 Å². The minimum absolute atomic E-state index is 0.0709. The Kier molecular flexibility index (Phi) is 5.51. The van der Waals surface area contributed by atoms with Gasteiger partial charge in [-0.15, -0.1) is 21.5 Å². The van der Waals surface area contributed by atoms with Gasteiger partial charge in [0.05, 0.1) is 11.1 Å². The normalized spacial score (nSPS) is 13.3. The minimum Gasteiger partial charge on any atom is -0.272 e. The smallest absolute Gasteiger partial charge is 0.269 e. The lowest BCUT2D eigenvalue weighted by molar-refractivity contribution is -0.119. The number of rotatable bonds is 4. The van der Waals surface area contributed by atoms with E-state index < -0.39 is 5.91 Å². The molecule has 0 atom stereocenters. The van der Waals surface area contributed by atoms with Crippen LogP contribution in [0.4, 0.5) is 0 Å². The number of fused-ring (bicyclic) bond motifs is 5. The van der Waals surface area contributed by atoms with E-state index in [2.05, 4.69) is 26.0 Å². The van der Waals surface area contributed by atoms with Crippen LogP contribution in [0.25, 0.3) is 15.9 Å². The van der Waals surface area contributed by atoms with Crippen molar-refractivity contribution in [3.05, 3.63) is 51.6 Å². The Balaban J connectivity index is 1.26. The molecule has 0 spiro atoms. The third-order valence-corrected chi connectivity index (χ3v) is 7.48. The molecule has 3 aromatic heterocycles. The van der Waals surface area contributed by atoms with Crippen molar-refractivity contribution in [2.75, 3.05) is 5.75 Å². The van der Waals surface area contributed by atoms with Crippen LogP contribution in [0.3, 0.4) is 0 Å². The van der Waals surface area contributed by atoms with Gasteiger partial charge < -0.3 is 0 Å². The maximum atomic E-state index is 12.2. The number of thiophene rings is 1. The number of hydrogen-bond acceptors (Lipinski definition) is 7. The monoisotopic (exact) mass is 472 g/mol. The van der Waals surface area contributed by atoms with Gasteiger partial charge in [-0.1, -0.05) is 23.4 Å². The largest absolute Gasteiger partial charge is 0.272 e. The number of halogens is 1.